The predicted molar refractivity (Wildman–Crippen MR) is 73.8 cm³/mol. The average molecular weight is 274 g/mol. The number of fused-ring (bicyclic) bond motifs is 1. The van der Waals surface area contributed by atoms with Crippen LogP contribution >= 0.6 is 0 Å². The highest BCUT2D eigenvalue weighted by Crippen LogP contribution is 2.34. The van der Waals surface area contributed by atoms with Gasteiger partial charge in [0, 0.05) is 6.20 Å². The number of pyridine rings is 1. The molecule has 0 amide bonds. The van der Waals surface area contributed by atoms with E-state index in [0.29, 0.717) is 10.7 Å². The fourth-order valence-electron chi connectivity index (χ4n) is 2.36. The van der Waals surface area contributed by atoms with Crippen LogP contribution in [0.1, 0.15) is 17.2 Å². The summed E-state index contributed by atoms with van der Waals surface area (Å²) in [5.74, 6) is 0.791. The Morgan fingerprint density at radius 3 is 2.84 bits per heavy atom. The molecule has 2 aromatic rings. The lowest BCUT2D eigenvalue weighted by atomic mass is 10.1. The number of anilines is 1. The van der Waals surface area contributed by atoms with E-state index < -0.39 is 9.84 Å². The molecule has 98 valence electrons. The van der Waals surface area contributed by atoms with Crippen molar-refractivity contribution < 1.29 is 8.42 Å². The van der Waals surface area contributed by atoms with Crippen LogP contribution in [-0.2, 0) is 9.84 Å². The molecule has 4 nitrogen and oxygen atoms in total. The molecule has 0 saturated heterocycles. The third-order valence-electron chi connectivity index (χ3n) is 3.25. The fraction of sp³-hybridized carbons (Fsp3) is 0.214. The molecule has 19 heavy (non-hydrogen) atoms. The van der Waals surface area contributed by atoms with Crippen molar-refractivity contribution in [2.45, 2.75) is 17.9 Å². The molecule has 0 radical (unpaired) electrons. The zero-order valence-electron chi connectivity index (χ0n) is 10.5. The molecule has 1 aliphatic rings. The van der Waals surface area contributed by atoms with Crippen molar-refractivity contribution in [1.82, 2.24) is 4.98 Å². The van der Waals surface area contributed by atoms with Gasteiger partial charge < -0.3 is 5.32 Å². The smallest absolute Gasteiger partial charge is 0.181 e. The molecule has 1 atom stereocenters. The molecule has 0 aliphatic carbocycles. The van der Waals surface area contributed by atoms with Crippen LogP contribution in [0.15, 0.2) is 47.5 Å². The Morgan fingerprint density at radius 2 is 2.05 bits per heavy atom. The molecule has 2 heterocycles. The second-order valence-electron chi connectivity index (χ2n) is 4.73. The molecule has 0 bridgehead atoms. The van der Waals surface area contributed by atoms with Gasteiger partial charge in [-0.15, -0.1) is 0 Å². The number of benzene rings is 1. The van der Waals surface area contributed by atoms with E-state index in [2.05, 4.69) is 10.3 Å². The van der Waals surface area contributed by atoms with E-state index in [1.54, 1.807) is 18.3 Å². The van der Waals surface area contributed by atoms with Gasteiger partial charge in [0.2, 0.25) is 0 Å². The van der Waals surface area contributed by atoms with Crippen LogP contribution < -0.4 is 5.32 Å². The minimum atomic E-state index is -3.18. The fourth-order valence-corrected chi connectivity index (χ4v) is 4.10. The Bertz CT molecular complexity index is 726. The summed E-state index contributed by atoms with van der Waals surface area (Å²) in [5, 5.41) is 3.20. The molecule has 1 aromatic heterocycles. The summed E-state index contributed by atoms with van der Waals surface area (Å²) in [6, 6.07) is 10.7. The number of hydrogen-bond donors (Lipinski definition) is 1. The Morgan fingerprint density at radius 1 is 1.26 bits per heavy atom. The maximum absolute atomic E-state index is 12.1. The topological polar surface area (TPSA) is 59.1 Å². The number of nitrogens with one attached hydrogen (secondary N) is 1. The lowest BCUT2D eigenvalue weighted by Gasteiger charge is -2.13. The second-order valence-corrected chi connectivity index (χ2v) is 6.74. The standard InChI is InChI=1S/C14H14N2O2S/c1-10-6-7-15-14(8-10)16-12-9-19(17,18)13-5-3-2-4-11(12)13/h2-8,12H,9H2,1H3,(H,15,16). The van der Waals surface area contributed by atoms with Gasteiger partial charge in [-0.3, -0.25) is 0 Å². The van der Waals surface area contributed by atoms with Crippen molar-refractivity contribution in [2.75, 3.05) is 11.1 Å². The van der Waals surface area contributed by atoms with Crippen LogP contribution in [0.3, 0.4) is 0 Å². The van der Waals surface area contributed by atoms with Crippen LogP contribution in [0, 0.1) is 6.92 Å². The molecule has 5 heteroatoms. The number of nitrogens with zero attached hydrogens (tertiary/aromatic N) is 1. The Hall–Kier alpha value is -1.88. The lowest BCUT2D eigenvalue weighted by Crippen LogP contribution is -2.13. The van der Waals surface area contributed by atoms with Crippen molar-refractivity contribution in [3.63, 3.8) is 0 Å². The maximum atomic E-state index is 12.1. The van der Waals surface area contributed by atoms with Crippen LogP contribution in [0.25, 0.3) is 0 Å². The van der Waals surface area contributed by atoms with Crippen molar-refractivity contribution >= 4 is 15.7 Å². The Labute approximate surface area is 112 Å². The first-order valence-corrected chi connectivity index (χ1v) is 7.72. The first-order chi connectivity index (χ1) is 9.06. The van der Waals surface area contributed by atoms with Crippen LogP contribution in [0.5, 0.6) is 0 Å². The van der Waals surface area contributed by atoms with Gasteiger partial charge >= 0.3 is 0 Å². The molecule has 0 saturated carbocycles. The zero-order chi connectivity index (χ0) is 13.5. The van der Waals surface area contributed by atoms with E-state index in [1.807, 2.05) is 31.2 Å². The van der Waals surface area contributed by atoms with Crippen molar-refractivity contribution in [3.05, 3.63) is 53.7 Å². The molecule has 3 rings (SSSR count). The summed E-state index contributed by atoms with van der Waals surface area (Å²) in [5.41, 5.74) is 1.91. The summed E-state index contributed by atoms with van der Waals surface area (Å²) < 4.78 is 24.1. The number of hydrogen-bond acceptors (Lipinski definition) is 4. The van der Waals surface area contributed by atoms with Crippen LogP contribution in [0.4, 0.5) is 5.82 Å². The normalized spacial score (nSPS) is 19.9. The minimum Gasteiger partial charge on any atom is -0.362 e. The van der Waals surface area contributed by atoms with E-state index in [-0.39, 0.29) is 11.8 Å². The molecular formula is C14H14N2O2S. The molecule has 1 aromatic carbocycles. The second kappa shape index (κ2) is 4.35. The summed E-state index contributed by atoms with van der Waals surface area (Å²) in [6.45, 7) is 1.98. The third-order valence-corrected chi connectivity index (χ3v) is 5.07. The monoisotopic (exact) mass is 274 g/mol. The minimum absolute atomic E-state index is 0.0853. The first kappa shape index (κ1) is 12.2. The largest absolute Gasteiger partial charge is 0.362 e. The van der Waals surface area contributed by atoms with Gasteiger partial charge in [0.25, 0.3) is 0 Å². The number of aromatic nitrogens is 1. The van der Waals surface area contributed by atoms with E-state index in [1.165, 1.54) is 0 Å². The highest BCUT2D eigenvalue weighted by molar-refractivity contribution is 7.91. The van der Waals surface area contributed by atoms with Gasteiger partial charge in [-0.2, -0.15) is 0 Å². The summed E-state index contributed by atoms with van der Waals surface area (Å²) in [6.07, 6.45) is 1.72. The number of aryl methyl sites for hydroxylation is 1. The molecule has 1 aliphatic heterocycles. The highest BCUT2D eigenvalue weighted by atomic mass is 32.2. The van der Waals surface area contributed by atoms with Crippen LogP contribution in [-0.4, -0.2) is 19.2 Å². The van der Waals surface area contributed by atoms with E-state index >= 15 is 0 Å². The summed E-state index contributed by atoms with van der Waals surface area (Å²) >= 11 is 0. The van der Waals surface area contributed by atoms with Crippen molar-refractivity contribution in [2.24, 2.45) is 0 Å². The molecular weight excluding hydrogens is 260 g/mol. The van der Waals surface area contributed by atoms with Gasteiger partial charge in [0.1, 0.15) is 5.82 Å². The number of rotatable bonds is 2. The van der Waals surface area contributed by atoms with Crippen molar-refractivity contribution in [1.29, 1.82) is 0 Å². The summed E-state index contributed by atoms with van der Waals surface area (Å²) in [7, 11) is -3.18. The van der Waals surface area contributed by atoms with E-state index in [4.69, 9.17) is 0 Å². The van der Waals surface area contributed by atoms with E-state index in [9.17, 15) is 8.42 Å². The summed E-state index contributed by atoms with van der Waals surface area (Å²) in [4.78, 5) is 4.65. The lowest BCUT2D eigenvalue weighted by molar-refractivity contribution is 0.598. The maximum Gasteiger partial charge on any atom is 0.181 e. The first-order valence-electron chi connectivity index (χ1n) is 6.07. The van der Waals surface area contributed by atoms with Crippen LogP contribution in [0.2, 0.25) is 0 Å². The Balaban J connectivity index is 1.96. The highest BCUT2D eigenvalue weighted by Gasteiger charge is 2.34. The molecule has 1 unspecified atom stereocenters. The molecule has 0 fully saturated rings. The van der Waals surface area contributed by atoms with Crippen molar-refractivity contribution in [3.8, 4) is 0 Å². The number of sulfone groups is 1. The Kier molecular flexibility index (Phi) is 2.78. The predicted octanol–water partition coefficient (Wildman–Crippen LogP) is 2.33. The quantitative estimate of drug-likeness (QED) is 0.913. The molecule has 0 spiro atoms. The third kappa shape index (κ3) is 2.21. The average Bonchev–Trinajstić information content (AvgIpc) is 2.62. The molecule has 1 N–H and O–H groups in total. The van der Waals surface area contributed by atoms with Gasteiger partial charge in [-0.25, -0.2) is 13.4 Å². The van der Waals surface area contributed by atoms with Gasteiger partial charge in [0.15, 0.2) is 9.84 Å². The van der Waals surface area contributed by atoms with Gasteiger partial charge in [-0.05, 0) is 36.2 Å². The zero-order valence-corrected chi connectivity index (χ0v) is 11.3. The van der Waals surface area contributed by atoms with Gasteiger partial charge in [0.05, 0.1) is 16.7 Å². The SMILES string of the molecule is Cc1ccnc(NC2CS(=O)(=O)c3ccccc32)c1. The van der Waals surface area contributed by atoms with Gasteiger partial charge in [-0.1, -0.05) is 18.2 Å². The van der Waals surface area contributed by atoms with E-state index in [0.717, 1.165) is 11.1 Å².